The number of hydrogen-bond acceptors (Lipinski definition) is 3. The number of hydrogen-bond donors (Lipinski definition) is 0. The zero-order chi connectivity index (χ0) is 13.8. The lowest BCUT2D eigenvalue weighted by Gasteiger charge is -2.05. The first kappa shape index (κ1) is 13.8. The Morgan fingerprint density at radius 2 is 1.63 bits per heavy atom. The molecule has 0 aliphatic rings. The molecule has 19 heavy (non-hydrogen) atoms. The summed E-state index contributed by atoms with van der Waals surface area (Å²) in [5, 5.41) is 0.482. The molecule has 0 atom stereocenters. The molecule has 0 bridgehead atoms. The van der Waals surface area contributed by atoms with Crippen molar-refractivity contribution in [2.45, 2.75) is 11.8 Å². The lowest BCUT2D eigenvalue weighted by Crippen LogP contribution is -1.98. The largest absolute Gasteiger partial charge is 0.294 e. The molecule has 0 saturated heterocycles. The third-order valence-electron chi connectivity index (χ3n) is 2.55. The molecular formula is C15H11ClO2S. The van der Waals surface area contributed by atoms with Gasteiger partial charge >= 0.3 is 0 Å². The molecule has 96 valence electrons. The van der Waals surface area contributed by atoms with E-state index < -0.39 is 0 Å². The summed E-state index contributed by atoms with van der Waals surface area (Å²) in [5.74, 6) is -0.0491. The second-order valence-electron chi connectivity index (χ2n) is 3.95. The molecule has 0 N–H and O–H groups in total. The maximum Gasteiger partial charge on any atom is 0.224 e. The standard InChI is InChI=1S/C15H11ClO2S/c1-10(17)13-4-2-3-5-14(13)19-15(18)11-6-8-12(16)9-7-11/h2-9H,1H3. The molecule has 2 rings (SSSR count). The average Bonchev–Trinajstić information content (AvgIpc) is 2.39. The van der Waals surface area contributed by atoms with Crippen LogP contribution in [0.25, 0.3) is 0 Å². The van der Waals surface area contributed by atoms with E-state index in [0.29, 0.717) is 21.0 Å². The van der Waals surface area contributed by atoms with E-state index in [9.17, 15) is 9.59 Å². The summed E-state index contributed by atoms with van der Waals surface area (Å²) in [7, 11) is 0. The summed E-state index contributed by atoms with van der Waals surface area (Å²) in [6.07, 6.45) is 0. The van der Waals surface area contributed by atoms with Crippen LogP contribution in [0.2, 0.25) is 5.02 Å². The molecule has 0 radical (unpaired) electrons. The first-order chi connectivity index (χ1) is 9.08. The van der Waals surface area contributed by atoms with Crippen molar-refractivity contribution in [2.24, 2.45) is 0 Å². The average molecular weight is 291 g/mol. The Kier molecular flexibility index (Phi) is 4.40. The van der Waals surface area contributed by atoms with E-state index in [2.05, 4.69) is 0 Å². The maximum absolute atomic E-state index is 12.1. The Morgan fingerprint density at radius 1 is 1.00 bits per heavy atom. The number of ketones is 1. The van der Waals surface area contributed by atoms with Crippen molar-refractivity contribution >= 4 is 34.3 Å². The van der Waals surface area contributed by atoms with Crippen molar-refractivity contribution in [1.82, 2.24) is 0 Å². The SMILES string of the molecule is CC(=O)c1ccccc1SC(=O)c1ccc(Cl)cc1. The summed E-state index contributed by atoms with van der Waals surface area (Å²) in [6.45, 7) is 1.49. The summed E-state index contributed by atoms with van der Waals surface area (Å²) >= 11 is 6.84. The van der Waals surface area contributed by atoms with Gasteiger partial charge in [-0.15, -0.1) is 0 Å². The van der Waals surface area contributed by atoms with E-state index in [0.717, 1.165) is 11.8 Å². The quantitative estimate of drug-likeness (QED) is 0.617. The second-order valence-corrected chi connectivity index (χ2v) is 5.40. The third kappa shape index (κ3) is 3.46. The molecule has 0 aliphatic carbocycles. The topological polar surface area (TPSA) is 34.1 Å². The fraction of sp³-hybridized carbons (Fsp3) is 0.0667. The van der Waals surface area contributed by atoms with Gasteiger partial charge in [0.1, 0.15) is 0 Å². The van der Waals surface area contributed by atoms with Gasteiger partial charge in [0, 0.05) is 21.0 Å². The van der Waals surface area contributed by atoms with E-state index in [4.69, 9.17) is 11.6 Å². The molecular weight excluding hydrogens is 280 g/mol. The predicted octanol–water partition coefficient (Wildman–Crippen LogP) is 4.48. The van der Waals surface area contributed by atoms with Crippen molar-refractivity contribution < 1.29 is 9.59 Å². The molecule has 0 heterocycles. The zero-order valence-corrected chi connectivity index (χ0v) is 11.8. The Morgan fingerprint density at radius 3 is 2.26 bits per heavy atom. The van der Waals surface area contributed by atoms with E-state index in [1.165, 1.54) is 6.92 Å². The van der Waals surface area contributed by atoms with Crippen LogP contribution in [-0.4, -0.2) is 10.9 Å². The van der Waals surface area contributed by atoms with Crippen LogP contribution < -0.4 is 0 Å². The normalized spacial score (nSPS) is 10.2. The van der Waals surface area contributed by atoms with Crippen LogP contribution in [0, 0.1) is 0 Å². The van der Waals surface area contributed by atoms with E-state index in [1.54, 1.807) is 42.5 Å². The Hall–Kier alpha value is -1.58. The van der Waals surface area contributed by atoms with Gasteiger partial charge in [0.05, 0.1) is 0 Å². The number of carbonyl (C=O) groups excluding carboxylic acids is 2. The Labute approximate surface area is 120 Å². The highest BCUT2D eigenvalue weighted by molar-refractivity contribution is 8.14. The molecule has 0 saturated carbocycles. The third-order valence-corrected chi connectivity index (χ3v) is 3.80. The lowest BCUT2D eigenvalue weighted by atomic mass is 10.1. The van der Waals surface area contributed by atoms with Crippen LogP contribution in [0.5, 0.6) is 0 Å². The van der Waals surface area contributed by atoms with Gasteiger partial charge in [-0.3, -0.25) is 9.59 Å². The predicted molar refractivity (Wildman–Crippen MR) is 78.1 cm³/mol. The highest BCUT2D eigenvalue weighted by Gasteiger charge is 2.13. The van der Waals surface area contributed by atoms with Crippen LogP contribution in [0.4, 0.5) is 0 Å². The van der Waals surface area contributed by atoms with Crippen molar-refractivity contribution in [3.05, 3.63) is 64.7 Å². The van der Waals surface area contributed by atoms with E-state index in [1.807, 2.05) is 6.07 Å². The van der Waals surface area contributed by atoms with Gasteiger partial charge in [-0.1, -0.05) is 29.8 Å². The van der Waals surface area contributed by atoms with Gasteiger partial charge in [0.15, 0.2) is 5.78 Å². The summed E-state index contributed by atoms with van der Waals surface area (Å²) in [5.41, 5.74) is 1.13. The number of Topliss-reactive ketones (excluding diaryl/α,β-unsaturated/α-hetero) is 1. The van der Waals surface area contributed by atoms with Crippen molar-refractivity contribution in [3.8, 4) is 0 Å². The molecule has 2 aromatic carbocycles. The molecule has 0 fully saturated rings. The Balaban J connectivity index is 2.24. The van der Waals surface area contributed by atoms with Gasteiger partial charge in [0.25, 0.3) is 0 Å². The first-order valence-electron chi connectivity index (χ1n) is 5.65. The molecule has 0 aromatic heterocycles. The maximum atomic E-state index is 12.1. The smallest absolute Gasteiger partial charge is 0.224 e. The highest BCUT2D eigenvalue weighted by Crippen LogP contribution is 2.27. The van der Waals surface area contributed by atoms with Crippen LogP contribution in [0.15, 0.2) is 53.4 Å². The summed E-state index contributed by atoms with van der Waals surface area (Å²) in [6, 6.07) is 13.8. The summed E-state index contributed by atoms with van der Waals surface area (Å²) < 4.78 is 0. The Bertz CT molecular complexity index is 620. The van der Waals surface area contributed by atoms with Gasteiger partial charge in [-0.25, -0.2) is 0 Å². The summed E-state index contributed by atoms with van der Waals surface area (Å²) in [4.78, 5) is 24.3. The fourth-order valence-electron chi connectivity index (χ4n) is 1.59. The van der Waals surface area contributed by atoms with Crippen LogP contribution in [0.3, 0.4) is 0 Å². The number of carbonyl (C=O) groups is 2. The number of benzene rings is 2. The van der Waals surface area contributed by atoms with E-state index in [-0.39, 0.29) is 10.9 Å². The molecule has 0 amide bonds. The lowest BCUT2D eigenvalue weighted by molar-refractivity contribution is 0.101. The van der Waals surface area contributed by atoms with Crippen LogP contribution in [0.1, 0.15) is 27.6 Å². The minimum absolute atomic E-state index is 0.0491. The first-order valence-corrected chi connectivity index (χ1v) is 6.85. The molecule has 4 heteroatoms. The van der Waals surface area contributed by atoms with E-state index >= 15 is 0 Å². The molecule has 0 aliphatic heterocycles. The van der Waals surface area contributed by atoms with Crippen LogP contribution >= 0.6 is 23.4 Å². The van der Waals surface area contributed by atoms with Crippen molar-refractivity contribution in [1.29, 1.82) is 0 Å². The molecule has 2 aromatic rings. The molecule has 2 nitrogen and oxygen atoms in total. The molecule has 0 spiro atoms. The van der Waals surface area contributed by atoms with Crippen molar-refractivity contribution in [2.75, 3.05) is 0 Å². The van der Waals surface area contributed by atoms with Gasteiger partial charge in [-0.2, -0.15) is 0 Å². The van der Waals surface area contributed by atoms with Crippen molar-refractivity contribution in [3.63, 3.8) is 0 Å². The highest BCUT2D eigenvalue weighted by atomic mass is 35.5. The number of rotatable bonds is 3. The van der Waals surface area contributed by atoms with Gasteiger partial charge < -0.3 is 0 Å². The second kappa shape index (κ2) is 6.04. The minimum Gasteiger partial charge on any atom is -0.294 e. The van der Waals surface area contributed by atoms with Gasteiger partial charge in [-0.05, 0) is 49.0 Å². The zero-order valence-electron chi connectivity index (χ0n) is 10.2. The van der Waals surface area contributed by atoms with Gasteiger partial charge in [0.2, 0.25) is 5.12 Å². The fourth-order valence-corrected chi connectivity index (χ4v) is 2.64. The molecule has 0 unspecified atom stereocenters. The number of thioether (sulfide) groups is 1. The number of halogens is 1. The monoisotopic (exact) mass is 290 g/mol. The minimum atomic E-state index is -0.106. The van der Waals surface area contributed by atoms with Crippen LogP contribution in [-0.2, 0) is 0 Å².